The highest BCUT2D eigenvalue weighted by atomic mass is 16.6. The van der Waals surface area contributed by atoms with Gasteiger partial charge in [-0.05, 0) is 30.7 Å². The lowest BCUT2D eigenvalue weighted by Crippen LogP contribution is -2.30. The van der Waals surface area contributed by atoms with Crippen LogP contribution >= 0.6 is 0 Å². The largest absolute Gasteiger partial charge is 0.491 e. The fourth-order valence-electron chi connectivity index (χ4n) is 2.90. The maximum atomic E-state index is 12.1. The quantitative estimate of drug-likeness (QED) is 0.724. The first-order valence-electron chi connectivity index (χ1n) is 8.35. The van der Waals surface area contributed by atoms with Gasteiger partial charge in [-0.1, -0.05) is 36.4 Å². The average molecular weight is 342 g/mol. The number of methoxy groups -OCH3 is 1. The Balaban J connectivity index is 1.57. The van der Waals surface area contributed by atoms with Crippen LogP contribution < -0.4 is 9.47 Å². The predicted octanol–water partition coefficient (Wildman–Crippen LogP) is 3.09. The van der Waals surface area contributed by atoms with Gasteiger partial charge >= 0.3 is 5.97 Å². The second-order valence-corrected chi connectivity index (χ2v) is 5.91. The zero-order valence-electron chi connectivity index (χ0n) is 14.2. The number of esters is 1. The van der Waals surface area contributed by atoms with Crippen LogP contribution in [-0.2, 0) is 14.3 Å². The van der Waals surface area contributed by atoms with Crippen LogP contribution in [0.15, 0.2) is 60.7 Å². The van der Waals surface area contributed by atoms with Crippen LogP contribution in [0.1, 0.15) is 6.42 Å². The van der Waals surface area contributed by atoms with Crippen molar-refractivity contribution in [3.63, 3.8) is 0 Å². The van der Waals surface area contributed by atoms with E-state index in [0.29, 0.717) is 19.6 Å². The molecule has 0 unspecified atom stereocenters. The summed E-state index contributed by atoms with van der Waals surface area (Å²) in [5.74, 6) is 0.908. The Morgan fingerprint density at radius 3 is 2.08 bits per heavy atom. The van der Waals surface area contributed by atoms with Crippen LogP contribution in [0.4, 0.5) is 0 Å². The van der Waals surface area contributed by atoms with Crippen molar-refractivity contribution in [3.05, 3.63) is 60.7 Å². The van der Waals surface area contributed by atoms with E-state index in [9.17, 15) is 4.79 Å². The molecule has 25 heavy (non-hydrogen) atoms. The molecule has 0 saturated carbocycles. The normalized spacial score (nSPS) is 22.4. The Morgan fingerprint density at radius 1 is 0.960 bits per heavy atom. The SMILES string of the molecule is COC(=O)[C@@H]1C[C@@H](COc2ccccc2)O[C@H]1COc1ccccc1. The molecule has 0 aliphatic carbocycles. The van der Waals surface area contributed by atoms with Gasteiger partial charge in [-0.25, -0.2) is 0 Å². The number of ether oxygens (including phenoxy) is 4. The lowest BCUT2D eigenvalue weighted by Gasteiger charge is -2.17. The minimum Gasteiger partial charge on any atom is -0.491 e. The Bertz CT molecular complexity index is 658. The molecule has 0 radical (unpaired) electrons. The van der Waals surface area contributed by atoms with E-state index in [1.165, 1.54) is 7.11 Å². The molecule has 2 aromatic carbocycles. The van der Waals surface area contributed by atoms with Crippen LogP contribution in [0.25, 0.3) is 0 Å². The molecule has 1 aliphatic heterocycles. The molecule has 0 aromatic heterocycles. The maximum absolute atomic E-state index is 12.1. The Labute approximate surface area is 147 Å². The molecule has 0 amide bonds. The number of hydrogen-bond donors (Lipinski definition) is 0. The molecule has 1 aliphatic rings. The number of carbonyl (C=O) groups is 1. The number of benzene rings is 2. The van der Waals surface area contributed by atoms with Gasteiger partial charge in [0.25, 0.3) is 0 Å². The van der Waals surface area contributed by atoms with E-state index >= 15 is 0 Å². The predicted molar refractivity (Wildman–Crippen MR) is 92.7 cm³/mol. The third kappa shape index (κ3) is 4.73. The van der Waals surface area contributed by atoms with E-state index in [1.54, 1.807) is 0 Å². The fourth-order valence-corrected chi connectivity index (χ4v) is 2.90. The highest BCUT2D eigenvalue weighted by Crippen LogP contribution is 2.29. The van der Waals surface area contributed by atoms with Gasteiger partial charge in [-0.3, -0.25) is 4.79 Å². The summed E-state index contributed by atoms with van der Waals surface area (Å²) in [6.07, 6.45) is 0.0354. The molecule has 5 nitrogen and oxygen atoms in total. The van der Waals surface area contributed by atoms with Gasteiger partial charge in [0, 0.05) is 0 Å². The summed E-state index contributed by atoms with van der Waals surface area (Å²) < 4.78 is 22.4. The molecular weight excluding hydrogens is 320 g/mol. The molecule has 1 saturated heterocycles. The summed E-state index contributed by atoms with van der Waals surface area (Å²) in [4.78, 5) is 12.1. The van der Waals surface area contributed by atoms with Crippen molar-refractivity contribution in [2.75, 3.05) is 20.3 Å². The summed E-state index contributed by atoms with van der Waals surface area (Å²) >= 11 is 0. The van der Waals surface area contributed by atoms with Gasteiger partial charge in [0.1, 0.15) is 30.8 Å². The van der Waals surface area contributed by atoms with Crippen LogP contribution in [0.3, 0.4) is 0 Å². The molecule has 0 spiro atoms. The molecule has 1 heterocycles. The van der Waals surface area contributed by atoms with Gasteiger partial charge in [-0.2, -0.15) is 0 Å². The van der Waals surface area contributed by atoms with Crippen molar-refractivity contribution in [3.8, 4) is 11.5 Å². The first-order chi connectivity index (χ1) is 12.3. The fraction of sp³-hybridized carbons (Fsp3) is 0.350. The van der Waals surface area contributed by atoms with Gasteiger partial charge in [0.2, 0.25) is 0 Å². The van der Waals surface area contributed by atoms with Crippen molar-refractivity contribution in [1.82, 2.24) is 0 Å². The third-order valence-electron chi connectivity index (χ3n) is 4.17. The number of carbonyl (C=O) groups excluding carboxylic acids is 1. The van der Waals surface area contributed by atoms with Crippen LogP contribution in [0.2, 0.25) is 0 Å². The average Bonchev–Trinajstić information content (AvgIpc) is 3.09. The van der Waals surface area contributed by atoms with E-state index in [2.05, 4.69) is 0 Å². The lowest BCUT2D eigenvalue weighted by molar-refractivity contribution is -0.148. The van der Waals surface area contributed by atoms with Gasteiger partial charge in [-0.15, -0.1) is 0 Å². The third-order valence-corrected chi connectivity index (χ3v) is 4.17. The summed E-state index contributed by atoms with van der Waals surface area (Å²) in [6, 6.07) is 19.0. The first-order valence-corrected chi connectivity index (χ1v) is 8.35. The zero-order chi connectivity index (χ0) is 17.5. The van der Waals surface area contributed by atoms with E-state index in [1.807, 2.05) is 60.7 Å². The number of para-hydroxylation sites is 2. The van der Waals surface area contributed by atoms with Crippen molar-refractivity contribution >= 4 is 5.97 Å². The van der Waals surface area contributed by atoms with Gasteiger partial charge in [0.05, 0.1) is 19.1 Å². The summed E-state index contributed by atoms with van der Waals surface area (Å²) in [5, 5.41) is 0. The zero-order valence-corrected chi connectivity index (χ0v) is 14.2. The second kappa shape index (κ2) is 8.53. The Morgan fingerprint density at radius 2 is 1.52 bits per heavy atom. The second-order valence-electron chi connectivity index (χ2n) is 5.91. The molecule has 0 N–H and O–H groups in total. The summed E-state index contributed by atoms with van der Waals surface area (Å²) in [7, 11) is 1.39. The minimum atomic E-state index is -0.350. The maximum Gasteiger partial charge on any atom is 0.311 e. The Kier molecular flexibility index (Phi) is 5.90. The highest BCUT2D eigenvalue weighted by molar-refractivity contribution is 5.73. The minimum absolute atomic E-state index is 0.173. The standard InChI is InChI=1S/C20H22O5/c1-22-20(21)18-12-17(13-23-15-8-4-2-5-9-15)25-19(18)14-24-16-10-6-3-7-11-16/h2-11,17-19H,12-14H2,1H3/t17-,18+,19-/m0/s1. The van der Waals surface area contributed by atoms with Gasteiger partial charge in [0.15, 0.2) is 0 Å². The van der Waals surface area contributed by atoms with Crippen LogP contribution in [0, 0.1) is 5.92 Å². The van der Waals surface area contributed by atoms with Gasteiger partial charge < -0.3 is 18.9 Å². The highest BCUT2D eigenvalue weighted by Gasteiger charge is 2.41. The number of rotatable bonds is 7. The number of hydrogen-bond acceptors (Lipinski definition) is 5. The molecule has 2 aromatic rings. The molecule has 0 bridgehead atoms. The van der Waals surface area contributed by atoms with E-state index in [0.717, 1.165) is 11.5 Å². The van der Waals surface area contributed by atoms with Crippen molar-refractivity contribution in [2.24, 2.45) is 5.92 Å². The smallest absolute Gasteiger partial charge is 0.311 e. The lowest BCUT2D eigenvalue weighted by atomic mass is 10.00. The van der Waals surface area contributed by atoms with Crippen molar-refractivity contribution in [2.45, 2.75) is 18.6 Å². The molecule has 3 rings (SSSR count). The van der Waals surface area contributed by atoms with Crippen LogP contribution in [0.5, 0.6) is 11.5 Å². The van der Waals surface area contributed by atoms with E-state index < -0.39 is 0 Å². The molecular formula is C20H22O5. The van der Waals surface area contributed by atoms with Crippen molar-refractivity contribution in [1.29, 1.82) is 0 Å². The van der Waals surface area contributed by atoms with Crippen molar-refractivity contribution < 1.29 is 23.7 Å². The molecule has 3 atom stereocenters. The molecule has 1 fully saturated rings. The topological polar surface area (TPSA) is 54.0 Å². The van der Waals surface area contributed by atoms with E-state index in [-0.39, 0.29) is 24.1 Å². The molecule has 132 valence electrons. The van der Waals surface area contributed by atoms with E-state index in [4.69, 9.17) is 18.9 Å². The first kappa shape index (κ1) is 17.3. The molecule has 5 heteroatoms. The van der Waals surface area contributed by atoms with Crippen LogP contribution in [-0.4, -0.2) is 38.5 Å². The summed E-state index contributed by atoms with van der Waals surface area (Å²) in [5.41, 5.74) is 0. The summed E-state index contributed by atoms with van der Waals surface area (Å²) in [6.45, 7) is 0.685. The monoisotopic (exact) mass is 342 g/mol. The Hall–Kier alpha value is -2.53.